The van der Waals surface area contributed by atoms with Gasteiger partial charge in [0.25, 0.3) is 0 Å². The number of hydrogen-bond acceptors (Lipinski definition) is 6. The quantitative estimate of drug-likeness (QED) is 0.357. The van der Waals surface area contributed by atoms with Gasteiger partial charge in [-0.25, -0.2) is 31.5 Å². The van der Waals surface area contributed by atoms with E-state index in [0.717, 1.165) is 59.8 Å². The number of pyridine rings is 2. The maximum atomic E-state index is 13.9. The molecule has 0 aliphatic carbocycles. The van der Waals surface area contributed by atoms with Crippen molar-refractivity contribution in [3.8, 4) is 5.75 Å². The number of piperidine rings is 2. The molecule has 0 radical (unpaired) electrons. The van der Waals surface area contributed by atoms with Gasteiger partial charge in [0.15, 0.2) is 17.2 Å². The zero-order valence-corrected chi connectivity index (χ0v) is 22.3. The molecule has 4 aromatic rings. The fraction of sp³-hybridized carbons (Fsp3) is 0.429. The summed E-state index contributed by atoms with van der Waals surface area (Å²) in [6.45, 7) is 2.39. The highest BCUT2D eigenvalue weighted by molar-refractivity contribution is 7.89. The van der Waals surface area contributed by atoms with Crippen molar-refractivity contribution in [1.82, 2.24) is 24.2 Å². The van der Waals surface area contributed by atoms with Gasteiger partial charge in [-0.05, 0) is 74.5 Å². The minimum Gasteiger partial charge on any atom is -0.490 e. The fourth-order valence-electron chi connectivity index (χ4n) is 5.93. The number of aromatic amines is 1. The number of sulfonamides is 1. The van der Waals surface area contributed by atoms with E-state index in [9.17, 15) is 17.2 Å². The van der Waals surface area contributed by atoms with Gasteiger partial charge in [0.2, 0.25) is 10.0 Å². The maximum Gasteiger partial charge on any atom is 0.227 e. The van der Waals surface area contributed by atoms with E-state index in [1.165, 1.54) is 11.6 Å². The number of benzene rings is 1. The fourth-order valence-corrected chi connectivity index (χ4v) is 7.65. The van der Waals surface area contributed by atoms with Crippen molar-refractivity contribution in [3.63, 3.8) is 0 Å². The topological polar surface area (TPSA) is 91.4 Å². The number of nitrogens with one attached hydrogen (secondary N) is 1. The van der Waals surface area contributed by atoms with Gasteiger partial charge in [-0.3, -0.25) is 4.90 Å². The first-order chi connectivity index (χ1) is 18.9. The van der Waals surface area contributed by atoms with Crippen LogP contribution in [0.2, 0.25) is 0 Å². The SMILES string of the molecule is O=S(=O)(CN1CCC(c2cc[nH]c3cnc4nccc4c23)CC1)N1CCCC(COc2ccc(F)cc2F)C1. The first-order valence-electron chi connectivity index (χ1n) is 13.4. The lowest BCUT2D eigenvalue weighted by atomic mass is 9.87. The molecule has 2 fully saturated rings. The molecule has 2 aliphatic rings. The summed E-state index contributed by atoms with van der Waals surface area (Å²) in [5, 5.41) is 2.18. The van der Waals surface area contributed by atoms with E-state index in [1.807, 2.05) is 23.4 Å². The summed E-state index contributed by atoms with van der Waals surface area (Å²) in [7, 11) is -3.49. The van der Waals surface area contributed by atoms with Gasteiger partial charge in [-0.15, -0.1) is 0 Å². The van der Waals surface area contributed by atoms with Gasteiger partial charge in [-0.2, -0.15) is 0 Å². The molecule has 3 aromatic heterocycles. The predicted octanol–water partition coefficient (Wildman–Crippen LogP) is 4.65. The van der Waals surface area contributed by atoms with Crippen molar-refractivity contribution in [3.05, 3.63) is 66.1 Å². The number of halogens is 2. The highest BCUT2D eigenvalue weighted by Crippen LogP contribution is 2.35. The van der Waals surface area contributed by atoms with Gasteiger partial charge in [0, 0.05) is 48.2 Å². The molecule has 2 aliphatic heterocycles. The van der Waals surface area contributed by atoms with Crippen LogP contribution in [-0.2, 0) is 10.0 Å². The minimum absolute atomic E-state index is 0.00978. The molecule has 0 spiro atoms. The lowest BCUT2D eigenvalue weighted by Gasteiger charge is -2.36. The molecular formula is C28H31F2N5O3S. The van der Waals surface area contributed by atoms with Crippen LogP contribution in [0.1, 0.15) is 37.2 Å². The van der Waals surface area contributed by atoms with Crippen LogP contribution in [0.4, 0.5) is 8.78 Å². The first-order valence-corrected chi connectivity index (χ1v) is 15.0. The highest BCUT2D eigenvalue weighted by atomic mass is 32.2. The first kappa shape index (κ1) is 26.1. The van der Waals surface area contributed by atoms with E-state index in [-0.39, 0.29) is 24.2 Å². The molecule has 0 bridgehead atoms. The number of rotatable bonds is 7. The zero-order valence-electron chi connectivity index (χ0n) is 21.5. The van der Waals surface area contributed by atoms with Gasteiger partial charge >= 0.3 is 0 Å². The smallest absolute Gasteiger partial charge is 0.227 e. The zero-order chi connectivity index (χ0) is 27.0. The Morgan fingerprint density at radius 1 is 1.05 bits per heavy atom. The summed E-state index contributed by atoms with van der Waals surface area (Å²) in [5.41, 5.74) is 2.96. The van der Waals surface area contributed by atoms with Gasteiger partial charge in [0.1, 0.15) is 11.7 Å². The minimum atomic E-state index is -3.49. The normalized spacial score (nSPS) is 20.1. The molecule has 1 atom stereocenters. The van der Waals surface area contributed by atoms with E-state index in [2.05, 4.69) is 21.0 Å². The van der Waals surface area contributed by atoms with Crippen molar-refractivity contribution in [1.29, 1.82) is 0 Å². The van der Waals surface area contributed by atoms with E-state index in [1.54, 1.807) is 10.5 Å². The number of H-pyrrole nitrogens is 1. The van der Waals surface area contributed by atoms with Crippen LogP contribution in [0.25, 0.3) is 21.9 Å². The maximum absolute atomic E-state index is 13.9. The average molecular weight is 556 g/mol. The van der Waals surface area contributed by atoms with E-state index in [0.29, 0.717) is 32.1 Å². The van der Waals surface area contributed by atoms with Crippen molar-refractivity contribution >= 4 is 32.0 Å². The molecule has 1 aromatic carbocycles. The third kappa shape index (κ3) is 5.48. The Morgan fingerprint density at radius 2 is 1.90 bits per heavy atom. The Balaban J connectivity index is 1.07. The number of likely N-dealkylation sites (tertiary alicyclic amines) is 1. The Bertz CT molecular complexity index is 1590. The van der Waals surface area contributed by atoms with Crippen molar-refractivity contribution in [2.24, 2.45) is 5.92 Å². The average Bonchev–Trinajstić information content (AvgIpc) is 3.42. The number of aromatic nitrogens is 3. The number of nitrogens with zero attached hydrogens (tertiary/aromatic N) is 4. The second kappa shape index (κ2) is 10.8. The number of hydrogen-bond donors (Lipinski definition) is 1. The lowest BCUT2D eigenvalue weighted by molar-refractivity contribution is 0.172. The molecule has 206 valence electrons. The second-order valence-electron chi connectivity index (χ2n) is 10.5. The summed E-state index contributed by atoms with van der Waals surface area (Å²) in [4.78, 5) is 14.1. The Morgan fingerprint density at radius 3 is 2.72 bits per heavy atom. The van der Waals surface area contributed by atoms with E-state index >= 15 is 0 Å². The molecule has 11 heteroatoms. The Kier molecular flexibility index (Phi) is 7.22. The van der Waals surface area contributed by atoms with Crippen LogP contribution in [0.5, 0.6) is 5.75 Å². The van der Waals surface area contributed by atoms with E-state index in [4.69, 9.17) is 4.74 Å². The highest BCUT2D eigenvalue weighted by Gasteiger charge is 2.32. The molecule has 5 heterocycles. The molecule has 1 unspecified atom stereocenters. The summed E-state index contributed by atoms with van der Waals surface area (Å²) >= 11 is 0. The van der Waals surface area contributed by atoms with Crippen LogP contribution in [-0.4, -0.2) is 71.2 Å². The molecule has 1 N–H and O–H groups in total. The van der Waals surface area contributed by atoms with Crippen LogP contribution in [0.3, 0.4) is 0 Å². The molecule has 6 rings (SSSR count). The van der Waals surface area contributed by atoms with Gasteiger partial charge in [0.05, 0.1) is 18.3 Å². The molecule has 0 amide bonds. The largest absolute Gasteiger partial charge is 0.490 e. The van der Waals surface area contributed by atoms with Crippen LogP contribution < -0.4 is 4.74 Å². The molecule has 0 saturated carbocycles. The Hall–Kier alpha value is -3.15. The van der Waals surface area contributed by atoms with Crippen molar-refractivity contribution in [2.75, 3.05) is 38.7 Å². The second-order valence-corrected chi connectivity index (χ2v) is 12.5. The van der Waals surface area contributed by atoms with Crippen LogP contribution >= 0.6 is 0 Å². The molecule has 39 heavy (non-hydrogen) atoms. The van der Waals surface area contributed by atoms with Crippen LogP contribution in [0.15, 0.2) is 48.9 Å². The summed E-state index contributed by atoms with van der Waals surface area (Å²) in [6, 6.07) is 7.31. The van der Waals surface area contributed by atoms with Gasteiger partial charge < -0.3 is 9.72 Å². The van der Waals surface area contributed by atoms with Gasteiger partial charge in [-0.1, -0.05) is 0 Å². The predicted molar refractivity (Wildman–Crippen MR) is 145 cm³/mol. The van der Waals surface area contributed by atoms with Crippen molar-refractivity contribution < 1.29 is 21.9 Å². The summed E-state index contributed by atoms with van der Waals surface area (Å²) in [5.74, 6) is -1.18. The molecule has 8 nitrogen and oxygen atoms in total. The van der Waals surface area contributed by atoms with Crippen LogP contribution in [0, 0.1) is 17.6 Å². The Labute approximate surface area is 226 Å². The third-order valence-corrected chi connectivity index (χ3v) is 9.75. The third-order valence-electron chi connectivity index (χ3n) is 7.94. The standard InChI is InChI=1S/C28H31F2N5O3S/c29-21-3-4-26(24(30)14-21)38-17-19-2-1-11-35(16-19)39(36,37)18-34-12-7-20(8-13-34)22-5-9-31-25-15-33-28-23(27(22)25)6-10-32-28/h3-6,9-10,14-15,19-20,31H,1-2,7-8,11-13,16-18H2. The van der Waals surface area contributed by atoms with Crippen molar-refractivity contribution in [2.45, 2.75) is 31.6 Å². The number of fused-ring (bicyclic) bond motifs is 3. The van der Waals surface area contributed by atoms with E-state index < -0.39 is 21.7 Å². The summed E-state index contributed by atoms with van der Waals surface area (Å²) < 4.78 is 60.8. The monoisotopic (exact) mass is 555 g/mol. The number of ether oxygens (including phenoxy) is 1. The molecule has 2 saturated heterocycles. The molecular weight excluding hydrogens is 524 g/mol. The lowest BCUT2D eigenvalue weighted by Crippen LogP contribution is -2.47. The summed E-state index contributed by atoms with van der Waals surface area (Å²) in [6.07, 6.45) is 8.80.